The van der Waals surface area contributed by atoms with Crippen molar-refractivity contribution in [2.24, 2.45) is 0 Å². The molecule has 5 heteroatoms. The number of carbonyl (C=O) groups is 1. The number of pyridine rings is 1. The lowest BCUT2D eigenvalue weighted by Crippen LogP contribution is -2.05. The van der Waals surface area contributed by atoms with E-state index < -0.39 is 5.97 Å². The maximum atomic E-state index is 11.4. The Hall–Kier alpha value is -2.30. The van der Waals surface area contributed by atoms with Crippen LogP contribution in [0.1, 0.15) is 21.7 Å². The van der Waals surface area contributed by atoms with E-state index in [1.807, 2.05) is 18.2 Å². The molecule has 5 nitrogen and oxygen atoms in total. The van der Waals surface area contributed by atoms with Crippen molar-refractivity contribution in [2.45, 2.75) is 6.42 Å². The molecule has 0 aromatic carbocycles. The molecule has 2 aromatic heterocycles. The quantitative estimate of drug-likeness (QED) is 0.782. The molecule has 17 heavy (non-hydrogen) atoms. The molecule has 0 aliphatic carbocycles. The number of aromatic nitrogens is 2. The number of aromatic amines is 1. The van der Waals surface area contributed by atoms with E-state index in [4.69, 9.17) is 5.73 Å². The predicted octanol–water partition coefficient (Wildman–Crippen LogP) is 1.37. The number of anilines is 1. The van der Waals surface area contributed by atoms with Gasteiger partial charge >= 0.3 is 5.97 Å². The van der Waals surface area contributed by atoms with Gasteiger partial charge in [-0.2, -0.15) is 0 Å². The standard InChI is InChI=1S/C12H13N3O2/c1-17-12(16)11-10(13)8(7-15-11)6-9-4-2-3-5-14-9/h2-5,7,15H,6,13H2,1H3. The number of H-pyrrole nitrogens is 1. The fourth-order valence-electron chi connectivity index (χ4n) is 1.59. The average molecular weight is 231 g/mol. The lowest BCUT2D eigenvalue weighted by atomic mass is 10.1. The van der Waals surface area contributed by atoms with Crippen LogP contribution in [-0.2, 0) is 11.2 Å². The van der Waals surface area contributed by atoms with Gasteiger partial charge in [-0.15, -0.1) is 0 Å². The van der Waals surface area contributed by atoms with Crippen LogP contribution in [0.4, 0.5) is 5.69 Å². The van der Waals surface area contributed by atoms with Gasteiger partial charge in [0.25, 0.3) is 0 Å². The summed E-state index contributed by atoms with van der Waals surface area (Å²) < 4.78 is 4.61. The van der Waals surface area contributed by atoms with Crippen LogP contribution in [0.3, 0.4) is 0 Å². The van der Waals surface area contributed by atoms with E-state index in [2.05, 4.69) is 14.7 Å². The highest BCUT2D eigenvalue weighted by molar-refractivity contribution is 5.94. The summed E-state index contributed by atoms with van der Waals surface area (Å²) in [6.45, 7) is 0. The smallest absolute Gasteiger partial charge is 0.356 e. The number of hydrogen-bond acceptors (Lipinski definition) is 4. The van der Waals surface area contributed by atoms with E-state index in [0.717, 1.165) is 11.3 Å². The highest BCUT2D eigenvalue weighted by atomic mass is 16.5. The molecule has 0 saturated carbocycles. The van der Waals surface area contributed by atoms with E-state index in [9.17, 15) is 4.79 Å². The lowest BCUT2D eigenvalue weighted by molar-refractivity contribution is 0.0596. The van der Waals surface area contributed by atoms with Gasteiger partial charge in [0, 0.05) is 24.5 Å². The Morgan fingerprint density at radius 3 is 3.00 bits per heavy atom. The Morgan fingerprint density at radius 1 is 1.53 bits per heavy atom. The minimum absolute atomic E-state index is 0.290. The second kappa shape index (κ2) is 4.69. The van der Waals surface area contributed by atoms with Crippen molar-refractivity contribution >= 4 is 11.7 Å². The molecule has 3 N–H and O–H groups in total. The van der Waals surface area contributed by atoms with Crippen LogP contribution in [-0.4, -0.2) is 23.0 Å². The fourth-order valence-corrected chi connectivity index (χ4v) is 1.59. The summed E-state index contributed by atoms with van der Waals surface area (Å²) in [5.74, 6) is -0.463. The Kier molecular flexibility index (Phi) is 3.09. The Bertz CT molecular complexity index is 520. The topological polar surface area (TPSA) is 81.0 Å². The first-order chi connectivity index (χ1) is 8.22. The van der Waals surface area contributed by atoms with E-state index in [-0.39, 0.29) is 0 Å². The molecular weight excluding hydrogens is 218 g/mol. The third-order valence-electron chi connectivity index (χ3n) is 2.49. The van der Waals surface area contributed by atoms with Gasteiger partial charge in [-0.25, -0.2) is 4.79 Å². The molecule has 0 bridgehead atoms. The zero-order chi connectivity index (χ0) is 12.3. The molecule has 0 unspecified atom stereocenters. The number of hydrogen-bond donors (Lipinski definition) is 2. The molecule has 0 radical (unpaired) electrons. The maximum absolute atomic E-state index is 11.4. The van der Waals surface area contributed by atoms with Crippen LogP contribution in [0.15, 0.2) is 30.6 Å². The number of carbonyl (C=O) groups excluding carboxylic acids is 1. The van der Waals surface area contributed by atoms with E-state index >= 15 is 0 Å². The normalized spacial score (nSPS) is 10.2. The second-order valence-corrected chi connectivity index (χ2v) is 3.59. The molecule has 0 saturated heterocycles. The molecule has 0 amide bonds. The largest absolute Gasteiger partial charge is 0.464 e. The number of nitrogens with zero attached hydrogens (tertiary/aromatic N) is 1. The predicted molar refractivity (Wildman–Crippen MR) is 63.6 cm³/mol. The molecule has 0 atom stereocenters. The summed E-state index contributed by atoms with van der Waals surface area (Å²) in [5.41, 5.74) is 8.31. The summed E-state index contributed by atoms with van der Waals surface area (Å²) in [6.07, 6.45) is 4.01. The number of esters is 1. The number of nitrogen functional groups attached to an aromatic ring is 1. The second-order valence-electron chi connectivity index (χ2n) is 3.59. The molecule has 2 aromatic rings. The van der Waals surface area contributed by atoms with Gasteiger partial charge < -0.3 is 15.5 Å². The summed E-state index contributed by atoms with van der Waals surface area (Å²) in [6, 6.07) is 5.67. The third kappa shape index (κ3) is 2.28. The van der Waals surface area contributed by atoms with Gasteiger partial charge in [-0.1, -0.05) is 6.07 Å². The summed E-state index contributed by atoms with van der Waals surface area (Å²) in [4.78, 5) is 18.4. The maximum Gasteiger partial charge on any atom is 0.356 e. The fraction of sp³-hybridized carbons (Fsp3) is 0.167. The summed E-state index contributed by atoms with van der Waals surface area (Å²) in [5, 5.41) is 0. The zero-order valence-electron chi connectivity index (χ0n) is 9.43. The molecule has 0 fully saturated rings. The van der Waals surface area contributed by atoms with E-state index in [1.165, 1.54) is 7.11 Å². The highest BCUT2D eigenvalue weighted by Crippen LogP contribution is 2.20. The van der Waals surface area contributed by atoms with Gasteiger partial charge in [-0.05, 0) is 17.7 Å². The molecule has 0 aliphatic rings. The SMILES string of the molecule is COC(=O)c1[nH]cc(Cc2ccccn2)c1N. The Morgan fingerprint density at radius 2 is 2.35 bits per heavy atom. The molecular formula is C12H13N3O2. The van der Waals surface area contributed by atoms with Crippen molar-refractivity contribution in [2.75, 3.05) is 12.8 Å². The van der Waals surface area contributed by atoms with Crippen molar-refractivity contribution in [1.82, 2.24) is 9.97 Å². The third-order valence-corrected chi connectivity index (χ3v) is 2.49. The van der Waals surface area contributed by atoms with Gasteiger partial charge in [0.15, 0.2) is 0 Å². The summed E-state index contributed by atoms with van der Waals surface area (Å²) in [7, 11) is 1.32. The number of nitrogens with two attached hydrogens (primary N) is 1. The lowest BCUT2D eigenvalue weighted by Gasteiger charge is -2.01. The van der Waals surface area contributed by atoms with Gasteiger partial charge in [0.1, 0.15) is 5.69 Å². The first-order valence-electron chi connectivity index (χ1n) is 5.16. The van der Waals surface area contributed by atoms with Crippen LogP contribution in [0.5, 0.6) is 0 Å². The van der Waals surface area contributed by atoms with Gasteiger partial charge in [0.2, 0.25) is 0 Å². The highest BCUT2D eigenvalue weighted by Gasteiger charge is 2.15. The van der Waals surface area contributed by atoms with Crippen molar-refractivity contribution < 1.29 is 9.53 Å². The number of rotatable bonds is 3. The zero-order valence-corrected chi connectivity index (χ0v) is 9.43. The Balaban J connectivity index is 2.24. The van der Waals surface area contributed by atoms with Gasteiger partial charge in [-0.3, -0.25) is 4.98 Å². The number of ether oxygens (including phenoxy) is 1. The monoisotopic (exact) mass is 231 g/mol. The van der Waals surface area contributed by atoms with Crippen LogP contribution in [0, 0.1) is 0 Å². The molecule has 2 heterocycles. The van der Waals surface area contributed by atoms with Crippen molar-refractivity contribution in [3.8, 4) is 0 Å². The van der Waals surface area contributed by atoms with Crippen molar-refractivity contribution in [3.63, 3.8) is 0 Å². The Labute approximate surface area is 98.6 Å². The first-order valence-corrected chi connectivity index (χ1v) is 5.16. The minimum Gasteiger partial charge on any atom is -0.464 e. The van der Waals surface area contributed by atoms with E-state index in [0.29, 0.717) is 17.8 Å². The van der Waals surface area contributed by atoms with Crippen molar-refractivity contribution in [3.05, 3.63) is 47.5 Å². The van der Waals surface area contributed by atoms with Crippen LogP contribution in [0.25, 0.3) is 0 Å². The average Bonchev–Trinajstić information content (AvgIpc) is 2.72. The molecule has 0 spiro atoms. The van der Waals surface area contributed by atoms with E-state index in [1.54, 1.807) is 12.4 Å². The molecule has 88 valence electrons. The minimum atomic E-state index is -0.463. The number of methoxy groups -OCH3 is 1. The first kappa shape index (κ1) is 11.2. The van der Waals surface area contributed by atoms with Crippen molar-refractivity contribution in [1.29, 1.82) is 0 Å². The van der Waals surface area contributed by atoms with Crippen LogP contribution >= 0.6 is 0 Å². The van der Waals surface area contributed by atoms with Gasteiger partial charge in [0.05, 0.1) is 12.8 Å². The molecule has 2 rings (SSSR count). The number of nitrogens with one attached hydrogen (secondary N) is 1. The summed E-state index contributed by atoms with van der Waals surface area (Å²) >= 11 is 0. The van der Waals surface area contributed by atoms with Crippen LogP contribution in [0.2, 0.25) is 0 Å². The van der Waals surface area contributed by atoms with Crippen LogP contribution < -0.4 is 5.73 Å². The molecule has 0 aliphatic heterocycles.